The van der Waals surface area contributed by atoms with Crippen LogP contribution in [-0.4, -0.2) is 11.1 Å². The number of benzene rings is 1. The van der Waals surface area contributed by atoms with Gasteiger partial charge in [0.15, 0.2) is 0 Å². The second-order valence-electron chi connectivity index (χ2n) is 5.53. The van der Waals surface area contributed by atoms with Gasteiger partial charge in [-0.1, -0.05) is 45.2 Å². The number of rotatable bonds is 3. The van der Waals surface area contributed by atoms with Crippen molar-refractivity contribution < 1.29 is 9.90 Å². The van der Waals surface area contributed by atoms with Gasteiger partial charge in [0, 0.05) is 0 Å². The van der Waals surface area contributed by atoms with Crippen molar-refractivity contribution in [1.82, 2.24) is 0 Å². The van der Waals surface area contributed by atoms with Crippen LogP contribution in [0.2, 0.25) is 0 Å². The molecule has 0 heterocycles. The predicted molar refractivity (Wildman–Crippen MR) is 72.9 cm³/mol. The minimum absolute atomic E-state index is 0.417. The summed E-state index contributed by atoms with van der Waals surface area (Å²) in [4.78, 5) is 11.1. The highest BCUT2D eigenvalue weighted by Gasteiger charge is 2.30. The molecule has 2 heteroatoms. The Balaban J connectivity index is 2.32. The van der Waals surface area contributed by atoms with Crippen molar-refractivity contribution in [3.05, 3.63) is 35.4 Å². The summed E-state index contributed by atoms with van der Waals surface area (Å²) in [5.74, 6) is 1.07. The number of hydrogen-bond donors (Lipinski definition) is 1. The zero-order chi connectivity index (χ0) is 13.1. The monoisotopic (exact) mass is 246 g/mol. The van der Waals surface area contributed by atoms with Crippen molar-refractivity contribution in [3.63, 3.8) is 0 Å². The second-order valence-corrected chi connectivity index (χ2v) is 5.53. The van der Waals surface area contributed by atoms with Gasteiger partial charge in [0.1, 0.15) is 0 Å². The fourth-order valence-electron chi connectivity index (χ4n) is 3.46. The average Bonchev–Trinajstić information content (AvgIpc) is 2.38. The molecule has 1 saturated carbocycles. The maximum atomic E-state index is 11.1. The highest BCUT2D eigenvalue weighted by atomic mass is 16.4. The Morgan fingerprint density at radius 3 is 2.83 bits per heavy atom. The second kappa shape index (κ2) is 5.55. The summed E-state index contributed by atoms with van der Waals surface area (Å²) in [7, 11) is 0. The molecule has 0 aliphatic heterocycles. The number of carboxylic acid groups (broad SMARTS) is 1. The Kier molecular flexibility index (Phi) is 4.05. The molecule has 0 amide bonds. The summed E-state index contributed by atoms with van der Waals surface area (Å²) in [5.41, 5.74) is 1.63. The molecule has 0 radical (unpaired) electrons. The molecule has 18 heavy (non-hydrogen) atoms. The van der Waals surface area contributed by atoms with Gasteiger partial charge in [-0.3, -0.25) is 0 Å². The quantitative estimate of drug-likeness (QED) is 0.862. The molecule has 1 aliphatic carbocycles. The molecule has 0 saturated heterocycles. The molecule has 0 spiro atoms. The van der Waals surface area contributed by atoms with E-state index in [2.05, 4.69) is 19.9 Å². The first-order chi connectivity index (χ1) is 8.63. The van der Waals surface area contributed by atoms with E-state index >= 15 is 0 Å². The van der Waals surface area contributed by atoms with E-state index in [1.165, 1.54) is 31.2 Å². The van der Waals surface area contributed by atoms with Gasteiger partial charge in [-0.05, 0) is 41.9 Å². The fourth-order valence-corrected chi connectivity index (χ4v) is 3.46. The Morgan fingerprint density at radius 2 is 2.17 bits per heavy atom. The lowest BCUT2D eigenvalue weighted by Gasteiger charge is -2.36. The smallest absolute Gasteiger partial charge is 0.335 e. The Hall–Kier alpha value is -1.31. The lowest BCUT2D eigenvalue weighted by molar-refractivity contribution is 0.0696. The van der Waals surface area contributed by atoms with Crippen molar-refractivity contribution in [2.75, 3.05) is 0 Å². The molecule has 2 rings (SSSR count). The Labute approximate surface area is 109 Å². The van der Waals surface area contributed by atoms with Gasteiger partial charge in [0.05, 0.1) is 5.56 Å². The third-order valence-electron chi connectivity index (χ3n) is 4.40. The zero-order valence-electron chi connectivity index (χ0n) is 11.2. The summed E-state index contributed by atoms with van der Waals surface area (Å²) in [6.07, 6.45) is 5.04. The van der Waals surface area contributed by atoms with Gasteiger partial charge in [-0.2, -0.15) is 0 Å². The van der Waals surface area contributed by atoms with Gasteiger partial charge in [0.25, 0.3) is 0 Å². The summed E-state index contributed by atoms with van der Waals surface area (Å²) in [6.45, 7) is 4.55. The van der Waals surface area contributed by atoms with Crippen LogP contribution in [-0.2, 0) is 0 Å². The van der Waals surface area contributed by atoms with Crippen molar-refractivity contribution in [2.24, 2.45) is 11.8 Å². The first kappa shape index (κ1) is 13.1. The molecular formula is C16H22O2. The van der Waals surface area contributed by atoms with Gasteiger partial charge in [0.2, 0.25) is 0 Å². The van der Waals surface area contributed by atoms with E-state index in [0.29, 0.717) is 23.3 Å². The molecule has 98 valence electrons. The first-order valence-corrected chi connectivity index (χ1v) is 6.96. The molecule has 1 aromatic carbocycles. The van der Waals surface area contributed by atoms with E-state index < -0.39 is 5.97 Å². The van der Waals surface area contributed by atoms with Crippen molar-refractivity contribution in [2.45, 2.75) is 45.4 Å². The van der Waals surface area contributed by atoms with E-state index in [0.717, 1.165) is 0 Å². The topological polar surface area (TPSA) is 37.3 Å². The van der Waals surface area contributed by atoms with Crippen LogP contribution < -0.4 is 0 Å². The molecule has 1 aromatic rings. The zero-order valence-corrected chi connectivity index (χ0v) is 11.2. The van der Waals surface area contributed by atoms with Crippen LogP contribution in [0.3, 0.4) is 0 Å². The molecule has 1 N–H and O–H groups in total. The molecule has 3 atom stereocenters. The van der Waals surface area contributed by atoms with Crippen LogP contribution in [0.15, 0.2) is 24.3 Å². The van der Waals surface area contributed by atoms with Crippen LogP contribution in [0.4, 0.5) is 0 Å². The number of carbonyl (C=O) groups is 1. The van der Waals surface area contributed by atoms with Crippen molar-refractivity contribution >= 4 is 5.97 Å². The standard InChI is InChI=1S/C16H22O2/c1-3-12-7-4-6-11(2)15(12)13-8-5-9-14(10-13)16(17)18/h5,8-12,15H,3-4,6-7H2,1-2H3,(H,17,18). The molecule has 0 aromatic heterocycles. The highest BCUT2D eigenvalue weighted by Crippen LogP contribution is 2.43. The van der Waals surface area contributed by atoms with Gasteiger partial charge < -0.3 is 5.11 Å². The average molecular weight is 246 g/mol. The van der Waals surface area contributed by atoms with E-state index in [4.69, 9.17) is 5.11 Å². The minimum Gasteiger partial charge on any atom is -0.478 e. The molecule has 3 unspecified atom stereocenters. The van der Waals surface area contributed by atoms with E-state index in [-0.39, 0.29) is 0 Å². The summed E-state index contributed by atoms with van der Waals surface area (Å²) in [6, 6.07) is 7.53. The number of hydrogen-bond acceptors (Lipinski definition) is 1. The molecular weight excluding hydrogens is 224 g/mol. The highest BCUT2D eigenvalue weighted by molar-refractivity contribution is 5.87. The van der Waals surface area contributed by atoms with Crippen LogP contribution in [0, 0.1) is 11.8 Å². The van der Waals surface area contributed by atoms with Gasteiger partial charge in [-0.15, -0.1) is 0 Å². The van der Waals surface area contributed by atoms with Crippen LogP contribution in [0.1, 0.15) is 61.4 Å². The maximum Gasteiger partial charge on any atom is 0.335 e. The molecule has 1 aliphatic rings. The van der Waals surface area contributed by atoms with Crippen LogP contribution >= 0.6 is 0 Å². The largest absolute Gasteiger partial charge is 0.478 e. The molecule has 1 fully saturated rings. The van der Waals surface area contributed by atoms with Crippen LogP contribution in [0.25, 0.3) is 0 Å². The minimum atomic E-state index is -0.826. The normalized spacial score (nSPS) is 28.0. The van der Waals surface area contributed by atoms with Crippen molar-refractivity contribution in [3.8, 4) is 0 Å². The lowest BCUT2D eigenvalue weighted by atomic mass is 9.68. The number of carboxylic acids is 1. The third-order valence-corrected chi connectivity index (χ3v) is 4.40. The predicted octanol–water partition coefficient (Wildman–Crippen LogP) is 4.31. The summed E-state index contributed by atoms with van der Waals surface area (Å²) in [5, 5.41) is 9.10. The molecule has 2 nitrogen and oxygen atoms in total. The SMILES string of the molecule is CCC1CCCC(C)C1c1cccc(C(=O)O)c1. The Morgan fingerprint density at radius 1 is 1.39 bits per heavy atom. The Bertz CT molecular complexity index is 425. The lowest BCUT2D eigenvalue weighted by Crippen LogP contribution is -2.24. The maximum absolute atomic E-state index is 11.1. The first-order valence-electron chi connectivity index (χ1n) is 6.96. The third kappa shape index (κ3) is 2.58. The number of aromatic carboxylic acids is 1. The van der Waals surface area contributed by atoms with Gasteiger partial charge >= 0.3 is 5.97 Å². The van der Waals surface area contributed by atoms with E-state index in [1.807, 2.05) is 12.1 Å². The fraction of sp³-hybridized carbons (Fsp3) is 0.562. The summed E-state index contributed by atoms with van der Waals surface area (Å²) < 4.78 is 0. The molecule has 0 bridgehead atoms. The summed E-state index contributed by atoms with van der Waals surface area (Å²) >= 11 is 0. The van der Waals surface area contributed by atoms with Crippen LogP contribution in [0.5, 0.6) is 0 Å². The van der Waals surface area contributed by atoms with E-state index in [9.17, 15) is 4.79 Å². The van der Waals surface area contributed by atoms with Gasteiger partial charge in [-0.25, -0.2) is 4.79 Å². The van der Waals surface area contributed by atoms with Crippen molar-refractivity contribution in [1.29, 1.82) is 0 Å². The van der Waals surface area contributed by atoms with E-state index in [1.54, 1.807) is 6.07 Å².